The van der Waals surface area contributed by atoms with Crippen LogP contribution in [0.2, 0.25) is 0 Å². The van der Waals surface area contributed by atoms with E-state index in [0.717, 1.165) is 25.9 Å². The number of H-pyrrole nitrogens is 1. The summed E-state index contributed by atoms with van der Waals surface area (Å²) in [5.41, 5.74) is 1.18. The summed E-state index contributed by atoms with van der Waals surface area (Å²) >= 11 is 1.71. The number of aromatic amines is 1. The van der Waals surface area contributed by atoms with Gasteiger partial charge in [0.1, 0.15) is 0 Å². The van der Waals surface area contributed by atoms with Crippen molar-refractivity contribution in [2.45, 2.75) is 12.8 Å². The number of aromatic nitrogens is 3. The van der Waals surface area contributed by atoms with Crippen molar-refractivity contribution in [3.05, 3.63) is 34.8 Å². The number of thiazole rings is 1. The Morgan fingerprint density at radius 3 is 3.00 bits per heavy atom. The van der Waals surface area contributed by atoms with Crippen LogP contribution in [0.15, 0.2) is 24.1 Å². The van der Waals surface area contributed by atoms with E-state index in [1.165, 1.54) is 10.7 Å². The molecule has 2 rings (SSSR count). The Hall–Kier alpha value is -1.20. The Morgan fingerprint density at radius 2 is 2.27 bits per heavy atom. The van der Waals surface area contributed by atoms with Crippen LogP contribution in [-0.2, 0) is 12.8 Å². The standard InChI is InChI=1S/C10H14N4S/c1(9-7-12-8-14-9)3-11-4-2-10-13-5-6-15-10/h5-8,11H,1-4H2,(H,12,14). The van der Waals surface area contributed by atoms with Crippen molar-refractivity contribution in [1.82, 2.24) is 20.3 Å². The highest BCUT2D eigenvalue weighted by atomic mass is 32.1. The van der Waals surface area contributed by atoms with E-state index in [1.807, 2.05) is 17.8 Å². The zero-order valence-electron chi connectivity index (χ0n) is 8.44. The number of hydrogen-bond donors (Lipinski definition) is 2. The lowest BCUT2D eigenvalue weighted by molar-refractivity contribution is 0.675. The summed E-state index contributed by atoms with van der Waals surface area (Å²) in [6.45, 7) is 1.97. The van der Waals surface area contributed by atoms with Crippen molar-refractivity contribution in [1.29, 1.82) is 0 Å². The Bertz CT molecular complexity index is 318. The Balaban J connectivity index is 1.56. The lowest BCUT2D eigenvalue weighted by Crippen LogP contribution is -2.20. The van der Waals surface area contributed by atoms with Crippen molar-refractivity contribution >= 4 is 11.3 Å². The van der Waals surface area contributed by atoms with Crippen molar-refractivity contribution in [2.24, 2.45) is 0 Å². The Kier molecular flexibility index (Phi) is 3.87. The van der Waals surface area contributed by atoms with E-state index in [0.29, 0.717) is 0 Å². The van der Waals surface area contributed by atoms with E-state index in [1.54, 1.807) is 17.7 Å². The van der Waals surface area contributed by atoms with Gasteiger partial charge in [0.05, 0.1) is 11.3 Å². The molecule has 0 aliphatic heterocycles. The monoisotopic (exact) mass is 222 g/mol. The molecule has 0 bridgehead atoms. The van der Waals surface area contributed by atoms with Gasteiger partial charge in [-0.15, -0.1) is 11.3 Å². The quantitative estimate of drug-likeness (QED) is 0.723. The third-order valence-electron chi connectivity index (χ3n) is 2.13. The smallest absolute Gasteiger partial charge is 0.0937 e. The molecule has 2 heterocycles. The number of rotatable bonds is 6. The van der Waals surface area contributed by atoms with Gasteiger partial charge in [0.25, 0.3) is 0 Å². The first-order valence-corrected chi connectivity index (χ1v) is 5.89. The molecule has 0 saturated carbocycles. The highest BCUT2D eigenvalue weighted by molar-refractivity contribution is 7.09. The molecule has 0 amide bonds. The molecule has 80 valence electrons. The van der Waals surface area contributed by atoms with E-state index in [-0.39, 0.29) is 0 Å². The van der Waals surface area contributed by atoms with E-state index >= 15 is 0 Å². The van der Waals surface area contributed by atoms with Gasteiger partial charge >= 0.3 is 0 Å². The molecule has 0 spiro atoms. The molecule has 0 saturated heterocycles. The molecule has 0 unspecified atom stereocenters. The van der Waals surface area contributed by atoms with Crippen LogP contribution >= 0.6 is 11.3 Å². The van der Waals surface area contributed by atoms with E-state index < -0.39 is 0 Å². The van der Waals surface area contributed by atoms with E-state index in [9.17, 15) is 0 Å². The molecule has 2 N–H and O–H groups in total. The second-order valence-corrected chi connectivity index (χ2v) is 4.23. The highest BCUT2D eigenvalue weighted by Gasteiger charge is 1.96. The molecule has 0 aromatic carbocycles. The van der Waals surface area contributed by atoms with Gasteiger partial charge in [-0.3, -0.25) is 0 Å². The topological polar surface area (TPSA) is 53.6 Å². The van der Waals surface area contributed by atoms with Crippen molar-refractivity contribution in [2.75, 3.05) is 13.1 Å². The van der Waals surface area contributed by atoms with Crippen LogP contribution in [-0.4, -0.2) is 28.0 Å². The zero-order valence-corrected chi connectivity index (χ0v) is 9.26. The fraction of sp³-hybridized carbons (Fsp3) is 0.400. The van der Waals surface area contributed by atoms with E-state index in [4.69, 9.17) is 0 Å². The average Bonchev–Trinajstić information content (AvgIpc) is 2.88. The lowest BCUT2D eigenvalue weighted by Gasteiger charge is -2.01. The molecule has 0 aliphatic rings. The summed E-state index contributed by atoms with van der Waals surface area (Å²) in [6, 6.07) is 0. The largest absolute Gasteiger partial charge is 0.348 e. The van der Waals surface area contributed by atoms with Gasteiger partial charge in [0, 0.05) is 49.4 Å². The van der Waals surface area contributed by atoms with Gasteiger partial charge < -0.3 is 10.3 Å². The molecule has 0 radical (unpaired) electrons. The number of nitrogens with one attached hydrogen (secondary N) is 2. The van der Waals surface area contributed by atoms with Gasteiger partial charge in [-0.1, -0.05) is 0 Å². The maximum atomic E-state index is 4.23. The predicted molar refractivity (Wildman–Crippen MR) is 61.0 cm³/mol. The van der Waals surface area contributed by atoms with Gasteiger partial charge in [-0.25, -0.2) is 9.97 Å². The molecule has 4 nitrogen and oxygen atoms in total. The Labute approximate surface area is 92.8 Å². The summed E-state index contributed by atoms with van der Waals surface area (Å²) in [5.74, 6) is 0. The fourth-order valence-corrected chi connectivity index (χ4v) is 1.96. The summed E-state index contributed by atoms with van der Waals surface area (Å²) in [4.78, 5) is 11.3. The van der Waals surface area contributed by atoms with Crippen LogP contribution in [0.5, 0.6) is 0 Å². The first-order chi connectivity index (χ1) is 7.45. The SMILES string of the molecule is c1csc(CCNCCc2cnc[nH]2)n1. The molecule has 5 heteroatoms. The normalized spacial score (nSPS) is 10.7. The first kappa shape index (κ1) is 10.3. The zero-order chi connectivity index (χ0) is 10.3. The van der Waals surface area contributed by atoms with Crippen LogP contribution < -0.4 is 5.32 Å². The predicted octanol–water partition coefficient (Wildman–Crippen LogP) is 1.24. The first-order valence-electron chi connectivity index (χ1n) is 5.01. The van der Waals surface area contributed by atoms with Crippen LogP contribution in [0.3, 0.4) is 0 Å². The molecule has 2 aromatic heterocycles. The van der Waals surface area contributed by atoms with Crippen LogP contribution in [0.25, 0.3) is 0 Å². The third-order valence-corrected chi connectivity index (χ3v) is 2.96. The maximum absolute atomic E-state index is 4.23. The number of hydrogen-bond acceptors (Lipinski definition) is 4. The summed E-state index contributed by atoms with van der Waals surface area (Å²) in [5, 5.41) is 6.59. The minimum absolute atomic E-state index is 0.980. The van der Waals surface area contributed by atoms with Crippen molar-refractivity contribution < 1.29 is 0 Å². The number of nitrogens with zero attached hydrogens (tertiary/aromatic N) is 2. The minimum Gasteiger partial charge on any atom is -0.348 e. The molecule has 0 aliphatic carbocycles. The molecule has 15 heavy (non-hydrogen) atoms. The molecular weight excluding hydrogens is 208 g/mol. The van der Waals surface area contributed by atoms with Crippen molar-refractivity contribution in [3.63, 3.8) is 0 Å². The minimum atomic E-state index is 0.980. The lowest BCUT2D eigenvalue weighted by atomic mass is 10.3. The number of imidazole rings is 1. The molecule has 2 aromatic rings. The second kappa shape index (κ2) is 5.63. The van der Waals surface area contributed by atoms with Gasteiger partial charge in [0.15, 0.2) is 0 Å². The van der Waals surface area contributed by atoms with Gasteiger partial charge in [-0.05, 0) is 0 Å². The average molecular weight is 222 g/mol. The maximum Gasteiger partial charge on any atom is 0.0937 e. The fourth-order valence-electron chi connectivity index (χ4n) is 1.34. The third kappa shape index (κ3) is 3.45. The van der Waals surface area contributed by atoms with Crippen molar-refractivity contribution in [3.8, 4) is 0 Å². The molecular formula is C10H14N4S. The van der Waals surface area contributed by atoms with Crippen LogP contribution in [0.1, 0.15) is 10.7 Å². The molecule has 0 fully saturated rings. The Morgan fingerprint density at radius 1 is 1.33 bits per heavy atom. The molecule has 0 atom stereocenters. The highest BCUT2D eigenvalue weighted by Crippen LogP contribution is 2.03. The van der Waals surface area contributed by atoms with Gasteiger partial charge in [0.2, 0.25) is 0 Å². The summed E-state index contributed by atoms with van der Waals surface area (Å²) in [7, 11) is 0. The van der Waals surface area contributed by atoms with Gasteiger partial charge in [-0.2, -0.15) is 0 Å². The van der Waals surface area contributed by atoms with Crippen LogP contribution in [0.4, 0.5) is 0 Å². The summed E-state index contributed by atoms with van der Waals surface area (Å²) in [6.07, 6.45) is 7.44. The second-order valence-electron chi connectivity index (χ2n) is 3.25. The van der Waals surface area contributed by atoms with E-state index in [2.05, 4.69) is 20.3 Å². The van der Waals surface area contributed by atoms with Crippen LogP contribution in [0, 0.1) is 0 Å². The summed E-state index contributed by atoms with van der Waals surface area (Å²) < 4.78 is 0.